The number of carbonyl (C=O) groups excluding carboxylic acids is 1. The Balaban J connectivity index is 1.56. The number of rotatable bonds is 4. The quantitative estimate of drug-likeness (QED) is 0.942. The van der Waals surface area contributed by atoms with Gasteiger partial charge in [-0.15, -0.1) is 0 Å². The smallest absolute Gasteiger partial charge is 0.258 e. The standard InChI is InChI=1S/C18H21N3O2/c1-2-21(18(23)16-11-7-5-8-12(11)16)10-15-19-14-9-4-3-6-13(14)17(22)20-15/h3-4,6,9,11-12,16H,2,5,7-8,10H2,1H3,(H,19,20,22). The van der Waals surface area contributed by atoms with Gasteiger partial charge in [-0.3, -0.25) is 9.59 Å². The molecular weight excluding hydrogens is 290 g/mol. The van der Waals surface area contributed by atoms with Crippen LogP contribution in [0.15, 0.2) is 29.1 Å². The first kappa shape index (κ1) is 14.4. The first-order valence-electron chi connectivity index (χ1n) is 8.45. The lowest BCUT2D eigenvalue weighted by atomic mass is 10.1. The van der Waals surface area contributed by atoms with Crippen LogP contribution in [0.3, 0.4) is 0 Å². The number of para-hydroxylation sites is 1. The molecule has 5 nitrogen and oxygen atoms in total. The topological polar surface area (TPSA) is 66.1 Å². The number of amides is 1. The Morgan fingerprint density at radius 1 is 1.30 bits per heavy atom. The van der Waals surface area contributed by atoms with Crippen molar-refractivity contribution in [3.05, 3.63) is 40.4 Å². The summed E-state index contributed by atoms with van der Waals surface area (Å²) < 4.78 is 0. The number of hydrogen-bond acceptors (Lipinski definition) is 3. The number of nitrogens with zero attached hydrogens (tertiary/aromatic N) is 2. The van der Waals surface area contributed by atoms with Crippen LogP contribution in [0.2, 0.25) is 0 Å². The van der Waals surface area contributed by atoms with E-state index in [2.05, 4.69) is 9.97 Å². The second kappa shape index (κ2) is 5.48. The van der Waals surface area contributed by atoms with Crippen molar-refractivity contribution >= 4 is 16.8 Å². The van der Waals surface area contributed by atoms with E-state index in [-0.39, 0.29) is 17.4 Å². The van der Waals surface area contributed by atoms with E-state index in [0.717, 1.165) is 0 Å². The van der Waals surface area contributed by atoms with Crippen molar-refractivity contribution in [2.24, 2.45) is 17.8 Å². The molecule has 0 saturated heterocycles. The van der Waals surface area contributed by atoms with E-state index in [1.165, 1.54) is 19.3 Å². The molecule has 2 aliphatic carbocycles. The average Bonchev–Trinajstić information content (AvgIpc) is 3.04. The Bertz CT molecular complexity index is 803. The molecular formula is C18H21N3O2. The fraction of sp³-hybridized carbons (Fsp3) is 0.500. The number of aromatic amines is 1. The molecule has 120 valence electrons. The highest BCUT2D eigenvalue weighted by Gasteiger charge is 2.57. The monoisotopic (exact) mass is 311 g/mol. The zero-order valence-corrected chi connectivity index (χ0v) is 13.3. The normalized spacial score (nSPS) is 25.3. The summed E-state index contributed by atoms with van der Waals surface area (Å²) in [4.78, 5) is 34.0. The van der Waals surface area contributed by atoms with Crippen LogP contribution in [-0.2, 0) is 11.3 Å². The Morgan fingerprint density at radius 3 is 2.78 bits per heavy atom. The molecule has 0 spiro atoms. The molecule has 0 bridgehead atoms. The number of H-pyrrole nitrogens is 1. The molecule has 1 heterocycles. The van der Waals surface area contributed by atoms with Gasteiger partial charge >= 0.3 is 0 Å². The average molecular weight is 311 g/mol. The van der Waals surface area contributed by atoms with Crippen LogP contribution in [0.5, 0.6) is 0 Å². The van der Waals surface area contributed by atoms with Crippen molar-refractivity contribution in [2.75, 3.05) is 6.54 Å². The zero-order valence-electron chi connectivity index (χ0n) is 13.3. The summed E-state index contributed by atoms with van der Waals surface area (Å²) >= 11 is 0. The van der Waals surface area contributed by atoms with E-state index in [0.29, 0.717) is 41.7 Å². The molecule has 2 aromatic rings. The summed E-state index contributed by atoms with van der Waals surface area (Å²) in [7, 11) is 0. The van der Waals surface area contributed by atoms with E-state index >= 15 is 0 Å². The van der Waals surface area contributed by atoms with Gasteiger partial charge in [0.2, 0.25) is 5.91 Å². The number of nitrogens with one attached hydrogen (secondary N) is 1. The molecule has 2 saturated carbocycles. The highest BCUT2D eigenvalue weighted by molar-refractivity contribution is 5.82. The van der Waals surface area contributed by atoms with Crippen molar-refractivity contribution in [3.63, 3.8) is 0 Å². The lowest BCUT2D eigenvalue weighted by Crippen LogP contribution is -2.34. The number of benzene rings is 1. The second-order valence-corrected chi connectivity index (χ2v) is 6.67. The fourth-order valence-electron chi connectivity index (χ4n) is 4.13. The molecule has 2 atom stereocenters. The summed E-state index contributed by atoms with van der Waals surface area (Å²) in [5, 5.41) is 0.586. The third-order valence-electron chi connectivity index (χ3n) is 5.39. The number of aromatic nitrogens is 2. The maximum Gasteiger partial charge on any atom is 0.258 e. The zero-order chi connectivity index (χ0) is 16.0. The van der Waals surface area contributed by atoms with E-state index < -0.39 is 0 Å². The maximum atomic E-state index is 12.7. The molecule has 1 amide bonds. The van der Waals surface area contributed by atoms with Gasteiger partial charge in [0.15, 0.2) is 0 Å². The van der Waals surface area contributed by atoms with E-state index in [9.17, 15) is 9.59 Å². The molecule has 1 N–H and O–H groups in total. The Morgan fingerprint density at radius 2 is 2.04 bits per heavy atom. The molecule has 2 unspecified atom stereocenters. The number of hydrogen-bond donors (Lipinski definition) is 1. The van der Waals surface area contributed by atoms with Crippen molar-refractivity contribution < 1.29 is 4.79 Å². The Hall–Kier alpha value is -2.17. The van der Waals surface area contributed by atoms with Crippen LogP contribution in [0.25, 0.3) is 10.9 Å². The first-order chi connectivity index (χ1) is 11.2. The summed E-state index contributed by atoms with van der Waals surface area (Å²) in [6.45, 7) is 3.01. The molecule has 1 aromatic carbocycles. The maximum absolute atomic E-state index is 12.7. The van der Waals surface area contributed by atoms with Crippen LogP contribution in [0, 0.1) is 17.8 Å². The number of carbonyl (C=O) groups is 1. The van der Waals surface area contributed by atoms with Gasteiger partial charge < -0.3 is 9.88 Å². The van der Waals surface area contributed by atoms with Crippen molar-refractivity contribution in [3.8, 4) is 0 Å². The van der Waals surface area contributed by atoms with Crippen LogP contribution in [-0.4, -0.2) is 27.3 Å². The van der Waals surface area contributed by atoms with Gasteiger partial charge in [-0.25, -0.2) is 4.98 Å². The summed E-state index contributed by atoms with van der Waals surface area (Å²) in [5.74, 6) is 2.24. The van der Waals surface area contributed by atoms with Gasteiger partial charge in [0, 0.05) is 12.5 Å². The fourth-order valence-corrected chi connectivity index (χ4v) is 4.13. The summed E-state index contributed by atoms with van der Waals surface area (Å²) in [6, 6.07) is 7.29. The SMILES string of the molecule is CCN(Cc1nc2ccccc2c(=O)[nH]1)C(=O)C1C2CCCC21. The predicted octanol–water partition coefficient (Wildman–Crippen LogP) is 2.32. The van der Waals surface area contributed by atoms with Crippen molar-refractivity contribution in [1.29, 1.82) is 0 Å². The second-order valence-electron chi connectivity index (χ2n) is 6.67. The first-order valence-corrected chi connectivity index (χ1v) is 8.45. The lowest BCUT2D eigenvalue weighted by Gasteiger charge is -2.21. The van der Waals surface area contributed by atoms with Gasteiger partial charge in [0.05, 0.1) is 17.4 Å². The highest BCUT2D eigenvalue weighted by atomic mass is 16.2. The molecule has 0 radical (unpaired) electrons. The predicted molar refractivity (Wildman–Crippen MR) is 87.8 cm³/mol. The lowest BCUT2D eigenvalue weighted by molar-refractivity contribution is -0.133. The molecule has 5 heteroatoms. The molecule has 4 rings (SSSR count). The van der Waals surface area contributed by atoms with E-state index in [4.69, 9.17) is 0 Å². The van der Waals surface area contributed by atoms with Crippen LogP contribution < -0.4 is 5.56 Å². The minimum absolute atomic E-state index is 0.141. The van der Waals surface area contributed by atoms with E-state index in [1.54, 1.807) is 6.07 Å². The van der Waals surface area contributed by atoms with Crippen LogP contribution in [0.1, 0.15) is 32.0 Å². The van der Waals surface area contributed by atoms with E-state index in [1.807, 2.05) is 30.0 Å². The summed E-state index contributed by atoms with van der Waals surface area (Å²) in [5.41, 5.74) is 0.537. The largest absolute Gasteiger partial charge is 0.335 e. The molecule has 1 aromatic heterocycles. The van der Waals surface area contributed by atoms with Crippen molar-refractivity contribution in [2.45, 2.75) is 32.7 Å². The minimum Gasteiger partial charge on any atom is -0.335 e. The number of fused-ring (bicyclic) bond motifs is 2. The van der Waals surface area contributed by atoms with Crippen molar-refractivity contribution in [1.82, 2.24) is 14.9 Å². The van der Waals surface area contributed by atoms with Gasteiger partial charge in [-0.2, -0.15) is 0 Å². The molecule has 23 heavy (non-hydrogen) atoms. The van der Waals surface area contributed by atoms with Gasteiger partial charge in [-0.05, 0) is 43.7 Å². The van der Waals surface area contributed by atoms with Gasteiger partial charge in [-0.1, -0.05) is 18.6 Å². The molecule has 2 aliphatic rings. The van der Waals surface area contributed by atoms with Gasteiger partial charge in [0.1, 0.15) is 5.82 Å². The van der Waals surface area contributed by atoms with Crippen LogP contribution >= 0.6 is 0 Å². The molecule has 2 fully saturated rings. The Kier molecular flexibility index (Phi) is 3.43. The Labute approximate surface area is 134 Å². The third kappa shape index (κ3) is 2.44. The van der Waals surface area contributed by atoms with Crippen LogP contribution in [0.4, 0.5) is 0 Å². The van der Waals surface area contributed by atoms with Gasteiger partial charge in [0.25, 0.3) is 5.56 Å². The highest BCUT2D eigenvalue weighted by Crippen LogP contribution is 2.58. The summed E-state index contributed by atoms with van der Waals surface area (Å²) in [6.07, 6.45) is 3.66. The minimum atomic E-state index is -0.141. The molecule has 0 aliphatic heterocycles. The third-order valence-corrected chi connectivity index (χ3v) is 5.39.